The van der Waals surface area contributed by atoms with E-state index in [1.165, 1.54) is 11.8 Å². The van der Waals surface area contributed by atoms with Crippen LogP contribution in [0.5, 0.6) is 5.75 Å². The molecule has 0 aliphatic heterocycles. The molecule has 0 spiro atoms. The molecule has 2 heterocycles. The number of aromatic nitrogens is 3. The van der Waals surface area contributed by atoms with Crippen LogP contribution in [0.1, 0.15) is 19.6 Å². The van der Waals surface area contributed by atoms with Gasteiger partial charge >= 0.3 is 0 Å². The second-order valence-electron chi connectivity index (χ2n) is 6.03. The van der Waals surface area contributed by atoms with Crippen molar-refractivity contribution in [1.29, 1.82) is 0 Å². The van der Waals surface area contributed by atoms with Crippen molar-refractivity contribution in [2.24, 2.45) is 0 Å². The van der Waals surface area contributed by atoms with Gasteiger partial charge in [-0.15, -0.1) is 10.2 Å². The molecule has 1 atom stereocenters. The van der Waals surface area contributed by atoms with Crippen LogP contribution in [0.2, 0.25) is 5.02 Å². The van der Waals surface area contributed by atoms with Gasteiger partial charge in [-0.25, -0.2) is 0 Å². The second kappa shape index (κ2) is 8.70. The third-order valence-corrected chi connectivity index (χ3v) is 5.52. The van der Waals surface area contributed by atoms with Crippen LogP contribution in [0.15, 0.2) is 40.1 Å². The van der Waals surface area contributed by atoms with Crippen LogP contribution in [-0.2, 0) is 11.3 Å². The number of methoxy groups -OCH3 is 1. The summed E-state index contributed by atoms with van der Waals surface area (Å²) in [5.41, 5.74) is 1.42. The zero-order valence-electron chi connectivity index (χ0n) is 16.0. The molecule has 3 rings (SSSR count). The molecule has 0 aliphatic carbocycles. The van der Waals surface area contributed by atoms with Crippen molar-refractivity contribution in [3.05, 3.63) is 41.3 Å². The molecule has 1 N–H and O–H groups in total. The Hall–Kier alpha value is -2.45. The lowest BCUT2D eigenvalue weighted by atomic mass is 10.2. The predicted octanol–water partition coefficient (Wildman–Crippen LogP) is 4.65. The molecule has 1 amide bonds. The number of thioether (sulfide) groups is 1. The minimum absolute atomic E-state index is 0.183. The standard InChI is InChI=1S/C19H21ClN4O3S/c1-5-24-17(14-8-9-27-11(14)2)22-23-19(24)28-12(3)18(25)21-15-10-13(20)6-7-16(15)26-4/h6-10,12H,5H2,1-4H3,(H,21,25)/t12-/m0/s1. The fourth-order valence-electron chi connectivity index (χ4n) is 2.70. The van der Waals surface area contributed by atoms with Crippen LogP contribution >= 0.6 is 23.4 Å². The lowest BCUT2D eigenvalue weighted by molar-refractivity contribution is -0.115. The van der Waals surface area contributed by atoms with Crippen LogP contribution in [0.3, 0.4) is 0 Å². The number of benzene rings is 1. The first-order valence-corrected chi connectivity index (χ1v) is 9.99. The molecular formula is C19H21ClN4O3S. The summed E-state index contributed by atoms with van der Waals surface area (Å²) in [7, 11) is 1.54. The first-order chi connectivity index (χ1) is 13.4. The molecule has 0 radical (unpaired) electrons. The van der Waals surface area contributed by atoms with E-state index in [2.05, 4.69) is 15.5 Å². The highest BCUT2D eigenvalue weighted by atomic mass is 35.5. The van der Waals surface area contributed by atoms with Gasteiger partial charge in [0, 0.05) is 11.6 Å². The van der Waals surface area contributed by atoms with E-state index in [4.69, 9.17) is 20.8 Å². The van der Waals surface area contributed by atoms with Gasteiger partial charge in [-0.3, -0.25) is 4.79 Å². The Morgan fingerprint density at radius 3 is 2.82 bits per heavy atom. The first kappa shape index (κ1) is 20.3. The van der Waals surface area contributed by atoms with Crippen LogP contribution in [0, 0.1) is 6.92 Å². The summed E-state index contributed by atoms with van der Waals surface area (Å²) < 4.78 is 12.6. The summed E-state index contributed by atoms with van der Waals surface area (Å²) in [4.78, 5) is 12.7. The largest absolute Gasteiger partial charge is 0.495 e. The highest BCUT2D eigenvalue weighted by molar-refractivity contribution is 8.00. The van der Waals surface area contributed by atoms with Gasteiger partial charge < -0.3 is 19.0 Å². The summed E-state index contributed by atoms with van der Waals surface area (Å²) in [6, 6.07) is 6.94. The zero-order valence-corrected chi connectivity index (χ0v) is 17.6. The predicted molar refractivity (Wildman–Crippen MR) is 110 cm³/mol. The first-order valence-electron chi connectivity index (χ1n) is 8.73. The minimum Gasteiger partial charge on any atom is -0.495 e. The summed E-state index contributed by atoms with van der Waals surface area (Å²) >= 11 is 7.37. The highest BCUT2D eigenvalue weighted by Gasteiger charge is 2.22. The third-order valence-electron chi connectivity index (χ3n) is 4.20. The Labute approximate surface area is 172 Å². The normalized spacial score (nSPS) is 12.0. The number of carbonyl (C=O) groups is 1. The molecule has 2 aromatic heterocycles. The molecule has 28 heavy (non-hydrogen) atoms. The number of rotatable bonds is 7. The van der Waals surface area contributed by atoms with E-state index in [0.29, 0.717) is 28.2 Å². The van der Waals surface area contributed by atoms with Crippen LogP contribution in [0.25, 0.3) is 11.4 Å². The van der Waals surface area contributed by atoms with Crippen molar-refractivity contribution in [3.63, 3.8) is 0 Å². The monoisotopic (exact) mass is 420 g/mol. The van der Waals surface area contributed by atoms with Gasteiger partial charge in [-0.2, -0.15) is 0 Å². The van der Waals surface area contributed by atoms with Crippen LogP contribution in [-0.4, -0.2) is 33.0 Å². The maximum atomic E-state index is 12.7. The van der Waals surface area contributed by atoms with Crippen molar-refractivity contribution in [2.75, 3.05) is 12.4 Å². The average molecular weight is 421 g/mol. The van der Waals surface area contributed by atoms with E-state index >= 15 is 0 Å². The van der Waals surface area contributed by atoms with Gasteiger partial charge in [0.15, 0.2) is 11.0 Å². The van der Waals surface area contributed by atoms with Crippen LogP contribution < -0.4 is 10.1 Å². The molecule has 3 aromatic rings. The van der Waals surface area contributed by atoms with Gasteiger partial charge in [0.25, 0.3) is 0 Å². The number of aryl methyl sites for hydroxylation is 1. The van der Waals surface area contributed by atoms with Gasteiger partial charge in [0.05, 0.1) is 29.9 Å². The molecule has 0 bridgehead atoms. The molecule has 0 saturated carbocycles. The Balaban J connectivity index is 1.77. The smallest absolute Gasteiger partial charge is 0.237 e. The Bertz CT molecular complexity index is 985. The number of halogens is 1. The number of carbonyl (C=O) groups excluding carboxylic acids is 1. The quantitative estimate of drug-likeness (QED) is 0.560. The average Bonchev–Trinajstić information content (AvgIpc) is 3.27. The van der Waals surface area contributed by atoms with Gasteiger partial charge in [-0.1, -0.05) is 23.4 Å². The lowest BCUT2D eigenvalue weighted by Crippen LogP contribution is -2.23. The van der Waals surface area contributed by atoms with Crippen molar-refractivity contribution in [2.45, 2.75) is 37.7 Å². The number of nitrogens with zero attached hydrogens (tertiary/aromatic N) is 3. The molecule has 0 saturated heterocycles. The fraction of sp³-hybridized carbons (Fsp3) is 0.316. The molecule has 0 unspecified atom stereocenters. The SMILES string of the molecule is CCn1c(S[C@@H](C)C(=O)Nc2cc(Cl)ccc2OC)nnc1-c1ccoc1C. The zero-order chi connectivity index (χ0) is 20.3. The van der Waals surface area contributed by atoms with E-state index in [0.717, 1.165) is 17.1 Å². The topological polar surface area (TPSA) is 82.2 Å². The van der Waals surface area contributed by atoms with E-state index in [1.54, 1.807) is 31.6 Å². The van der Waals surface area contributed by atoms with Gasteiger partial charge in [-0.05, 0) is 45.0 Å². The Morgan fingerprint density at radius 2 is 2.18 bits per heavy atom. The van der Waals surface area contributed by atoms with Gasteiger partial charge in [0.1, 0.15) is 11.5 Å². The molecule has 0 fully saturated rings. The number of hydrogen-bond acceptors (Lipinski definition) is 6. The van der Waals surface area contributed by atoms with Gasteiger partial charge in [0.2, 0.25) is 5.91 Å². The van der Waals surface area contributed by atoms with E-state index in [9.17, 15) is 4.79 Å². The number of hydrogen-bond donors (Lipinski definition) is 1. The van der Waals surface area contributed by atoms with E-state index < -0.39 is 5.25 Å². The molecule has 1 aromatic carbocycles. The molecule has 0 aliphatic rings. The maximum Gasteiger partial charge on any atom is 0.237 e. The summed E-state index contributed by atoms with van der Waals surface area (Å²) in [5.74, 6) is 1.86. The number of nitrogens with one attached hydrogen (secondary N) is 1. The third kappa shape index (κ3) is 4.18. The number of furan rings is 1. The summed E-state index contributed by atoms with van der Waals surface area (Å²) in [6.07, 6.45) is 1.63. The highest BCUT2D eigenvalue weighted by Crippen LogP contribution is 2.31. The summed E-state index contributed by atoms with van der Waals surface area (Å²) in [6.45, 7) is 6.37. The fourth-order valence-corrected chi connectivity index (χ4v) is 3.79. The maximum absolute atomic E-state index is 12.7. The lowest BCUT2D eigenvalue weighted by Gasteiger charge is -2.14. The second-order valence-corrected chi connectivity index (χ2v) is 7.78. The Morgan fingerprint density at radius 1 is 1.39 bits per heavy atom. The van der Waals surface area contributed by atoms with Crippen molar-refractivity contribution < 1.29 is 13.9 Å². The minimum atomic E-state index is -0.406. The van der Waals surface area contributed by atoms with Crippen molar-refractivity contribution in [3.8, 4) is 17.1 Å². The van der Waals surface area contributed by atoms with Crippen LogP contribution in [0.4, 0.5) is 5.69 Å². The van der Waals surface area contributed by atoms with E-state index in [1.807, 2.05) is 31.4 Å². The summed E-state index contributed by atoms with van der Waals surface area (Å²) in [5, 5.41) is 12.2. The molecule has 7 nitrogen and oxygen atoms in total. The number of amides is 1. The Kier molecular flexibility index (Phi) is 6.31. The number of anilines is 1. The molecular weight excluding hydrogens is 400 g/mol. The molecule has 9 heteroatoms. The molecule has 148 valence electrons. The van der Waals surface area contributed by atoms with Crippen molar-refractivity contribution >= 4 is 35.0 Å². The van der Waals surface area contributed by atoms with E-state index in [-0.39, 0.29) is 5.91 Å². The van der Waals surface area contributed by atoms with Crippen molar-refractivity contribution in [1.82, 2.24) is 14.8 Å². The number of ether oxygens (including phenoxy) is 1.